The van der Waals surface area contributed by atoms with Gasteiger partial charge in [-0.3, -0.25) is 0 Å². The molecule has 0 spiro atoms. The second kappa shape index (κ2) is 6.67. The summed E-state index contributed by atoms with van der Waals surface area (Å²) in [5.74, 6) is 0. The van der Waals surface area contributed by atoms with Gasteiger partial charge in [-0.05, 0) is 50.1 Å². The van der Waals surface area contributed by atoms with E-state index in [9.17, 15) is 13.2 Å². The lowest BCUT2D eigenvalue weighted by Gasteiger charge is -2.41. The molecule has 0 aliphatic heterocycles. The fraction of sp³-hybridized carbons (Fsp3) is 0.588. The fourth-order valence-electron chi connectivity index (χ4n) is 1.96. The molecule has 0 aliphatic carbocycles. The molecule has 1 aromatic rings. The Morgan fingerprint density at radius 1 is 1.17 bits per heavy atom. The molecule has 1 rings (SSSR count). The largest absolute Gasteiger partial charge is 0.433 e. The molecule has 0 radical (unpaired) electrons. The van der Waals surface area contributed by atoms with Crippen LogP contribution in [0.5, 0.6) is 0 Å². The minimum absolute atomic E-state index is 0.165. The summed E-state index contributed by atoms with van der Waals surface area (Å²) in [5.41, 5.74) is -0.778. The normalized spacial score (nSPS) is 13.1. The molecule has 6 heteroatoms. The SMILES string of the molecule is C=CCB(OC(C)(C)C(C)(C)C)c1cc(C)nc(C(F)(F)F)c1. The number of aromatic nitrogens is 1. The second-order valence-corrected chi connectivity index (χ2v) is 7.32. The van der Waals surface area contributed by atoms with Gasteiger partial charge in [0.15, 0.2) is 0 Å². The Morgan fingerprint density at radius 3 is 2.17 bits per heavy atom. The van der Waals surface area contributed by atoms with Gasteiger partial charge in [0.25, 0.3) is 0 Å². The molecule has 1 heterocycles. The molecule has 1 aromatic heterocycles. The van der Waals surface area contributed by atoms with Crippen LogP contribution in [0.4, 0.5) is 13.2 Å². The first-order chi connectivity index (χ1) is 10.3. The van der Waals surface area contributed by atoms with Gasteiger partial charge in [-0.1, -0.05) is 26.8 Å². The monoisotopic (exact) mass is 327 g/mol. The summed E-state index contributed by atoms with van der Waals surface area (Å²) in [5, 5.41) is 0. The molecule has 2 nitrogen and oxygen atoms in total. The number of allylic oxidation sites excluding steroid dienone is 1. The third kappa shape index (κ3) is 5.10. The number of alkyl halides is 3. The molecule has 0 amide bonds. The smallest absolute Gasteiger partial charge is 0.425 e. The van der Waals surface area contributed by atoms with Gasteiger partial charge in [0.1, 0.15) is 5.69 Å². The maximum Gasteiger partial charge on any atom is 0.433 e. The second-order valence-electron chi connectivity index (χ2n) is 7.32. The molecule has 0 aromatic carbocycles. The Labute approximate surface area is 137 Å². The number of rotatable bonds is 5. The van der Waals surface area contributed by atoms with Gasteiger partial charge in [0, 0.05) is 5.69 Å². The molecule has 0 fully saturated rings. The van der Waals surface area contributed by atoms with Crippen molar-refractivity contribution < 1.29 is 17.8 Å². The number of hydrogen-bond donors (Lipinski definition) is 0. The number of halogens is 3. The van der Waals surface area contributed by atoms with E-state index in [1.165, 1.54) is 0 Å². The molecule has 0 N–H and O–H groups in total. The average Bonchev–Trinajstić information content (AvgIpc) is 2.34. The lowest BCUT2D eigenvalue weighted by Crippen LogP contribution is -2.48. The summed E-state index contributed by atoms with van der Waals surface area (Å²) in [6.07, 6.45) is -2.38. The summed E-state index contributed by atoms with van der Waals surface area (Å²) in [6, 6.07) is 2.71. The van der Waals surface area contributed by atoms with Crippen LogP contribution in [0.15, 0.2) is 24.8 Å². The van der Waals surface area contributed by atoms with Crippen LogP contribution in [0.1, 0.15) is 46.0 Å². The van der Waals surface area contributed by atoms with E-state index >= 15 is 0 Å². The average molecular weight is 327 g/mol. The number of hydrogen-bond acceptors (Lipinski definition) is 2. The zero-order valence-electron chi connectivity index (χ0n) is 14.7. The van der Waals surface area contributed by atoms with Gasteiger partial charge in [0.2, 0.25) is 0 Å². The van der Waals surface area contributed by atoms with Crippen molar-refractivity contribution in [1.82, 2.24) is 4.98 Å². The van der Waals surface area contributed by atoms with Crippen molar-refractivity contribution in [2.75, 3.05) is 0 Å². The van der Waals surface area contributed by atoms with E-state index in [2.05, 4.69) is 11.6 Å². The first-order valence-corrected chi connectivity index (χ1v) is 7.62. The van der Waals surface area contributed by atoms with Gasteiger partial charge < -0.3 is 4.65 Å². The van der Waals surface area contributed by atoms with Crippen molar-refractivity contribution in [2.45, 2.75) is 59.6 Å². The van der Waals surface area contributed by atoms with Gasteiger partial charge in [-0.2, -0.15) is 13.2 Å². The quantitative estimate of drug-likeness (QED) is 0.581. The first-order valence-electron chi connectivity index (χ1n) is 7.62. The molecule has 0 saturated heterocycles. The highest BCUT2D eigenvalue weighted by Gasteiger charge is 2.38. The Morgan fingerprint density at radius 2 is 1.74 bits per heavy atom. The van der Waals surface area contributed by atoms with Crippen molar-refractivity contribution in [3.8, 4) is 0 Å². The van der Waals surface area contributed by atoms with Crippen LogP contribution in [0.3, 0.4) is 0 Å². The zero-order valence-corrected chi connectivity index (χ0v) is 14.7. The van der Waals surface area contributed by atoms with E-state index in [-0.39, 0.29) is 5.41 Å². The molecule has 0 saturated carbocycles. The Kier molecular flexibility index (Phi) is 5.73. The van der Waals surface area contributed by atoms with Gasteiger partial charge in [-0.25, -0.2) is 4.98 Å². The molecular formula is C17H25BF3NO. The van der Waals surface area contributed by atoms with Gasteiger partial charge in [-0.15, -0.1) is 6.58 Å². The van der Waals surface area contributed by atoms with Crippen LogP contribution in [-0.4, -0.2) is 17.5 Å². The predicted octanol–water partition coefficient (Wildman–Crippen LogP) is 4.63. The van der Waals surface area contributed by atoms with Crippen molar-refractivity contribution in [3.05, 3.63) is 36.2 Å². The highest BCUT2D eigenvalue weighted by Crippen LogP contribution is 2.34. The van der Waals surface area contributed by atoms with Crippen molar-refractivity contribution >= 4 is 12.4 Å². The summed E-state index contributed by atoms with van der Waals surface area (Å²) >= 11 is 0. The van der Waals surface area contributed by atoms with Crippen LogP contribution in [0.2, 0.25) is 6.32 Å². The van der Waals surface area contributed by atoms with E-state index in [4.69, 9.17) is 4.65 Å². The maximum atomic E-state index is 13.0. The maximum absolute atomic E-state index is 13.0. The summed E-state index contributed by atoms with van der Waals surface area (Å²) in [6.45, 7) is 14.8. The fourth-order valence-corrected chi connectivity index (χ4v) is 1.96. The third-order valence-electron chi connectivity index (χ3n) is 4.26. The van der Waals surface area contributed by atoms with Gasteiger partial charge >= 0.3 is 13.1 Å². The highest BCUT2D eigenvalue weighted by molar-refractivity contribution is 6.68. The molecule has 0 unspecified atom stereocenters. The topological polar surface area (TPSA) is 22.1 Å². The highest BCUT2D eigenvalue weighted by atomic mass is 19.4. The molecule has 0 aliphatic rings. The minimum atomic E-state index is -4.47. The van der Waals surface area contributed by atoms with Crippen LogP contribution in [0.25, 0.3) is 0 Å². The number of nitrogens with zero attached hydrogens (tertiary/aromatic N) is 1. The molecule has 23 heavy (non-hydrogen) atoms. The summed E-state index contributed by atoms with van der Waals surface area (Å²) in [7, 11) is 0. The number of aryl methyl sites for hydroxylation is 1. The molecule has 0 bridgehead atoms. The van der Waals surface area contributed by atoms with Crippen LogP contribution in [0, 0.1) is 12.3 Å². The minimum Gasteiger partial charge on any atom is -0.425 e. The van der Waals surface area contributed by atoms with Crippen LogP contribution < -0.4 is 5.46 Å². The Balaban J connectivity index is 3.26. The molecule has 0 atom stereocenters. The van der Waals surface area contributed by atoms with Crippen molar-refractivity contribution in [2.24, 2.45) is 5.41 Å². The number of pyridine rings is 1. The summed E-state index contributed by atoms with van der Waals surface area (Å²) in [4.78, 5) is 3.59. The Bertz CT molecular complexity index is 562. The van der Waals surface area contributed by atoms with Crippen LogP contribution in [-0.2, 0) is 10.8 Å². The zero-order chi connectivity index (χ0) is 18.1. The van der Waals surface area contributed by atoms with Crippen molar-refractivity contribution in [1.29, 1.82) is 0 Å². The third-order valence-corrected chi connectivity index (χ3v) is 4.26. The lowest BCUT2D eigenvalue weighted by atomic mass is 9.57. The Hall–Kier alpha value is -1.30. The lowest BCUT2D eigenvalue weighted by molar-refractivity contribution is -0.141. The van der Waals surface area contributed by atoms with E-state index < -0.39 is 24.4 Å². The molecular weight excluding hydrogens is 302 g/mol. The van der Waals surface area contributed by atoms with E-state index in [0.717, 1.165) is 6.07 Å². The van der Waals surface area contributed by atoms with Gasteiger partial charge in [0.05, 0.1) is 5.60 Å². The van der Waals surface area contributed by atoms with E-state index in [1.807, 2.05) is 34.6 Å². The first kappa shape index (κ1) is 19.8. The van der Waals surface area contributed by atoms with Crippen LogP contribution >= 0.6 is 0 Å². The molecule has 128 valence electrons. The summed E-state index contributed by atoms with van der Waals surface area (Å²) < 4.78 is 45.2. The van der Waals surface area contributed by atoms with E-state index in [1.54, 1.807) is 19.1 Å². The van der Waals surface area contributed by atoms with Crippen molar-refractivity contribution in [3.63, 3.8) is 0 Å². The predicted molar refractivity (Wildman–Crippen MR) is 89.0 cm³/mol. The standard InChI is InChI=1S/C17H25BF3NO/c1-8-9-18(23-16(6,7)15(3,4)5)13-10-12(2)22-14(11-13)17(19,20)21/h8,10-11H,1,9H2,2-7H3. The van der Waals surface area contributed by atoms with E-state index in [0.29, 0.717) is 17.5 Å².